The van der Waals surface area contributed by atoms with Gasteiger partial charge in [-0.3, -0.25) is 0 Å². The van der Waals surface area contributed by atoms with Gasteiger partial charge in [0.1, 0.15) is 19.5 Å². The Morgan fingerprint density at radius 1 is 1.00 bits per heavy atom. The first-order chi connectivity index (χ1) is 8.90. The van der Waals surface area contributed by atoms with E-state index in [4.69, 9.17) is 4.74 Å². The molecule has 0 saturated carbocycles. The minimum atomic E-state index is 0.540. The van der Waals surface area contributed by atoms with Gasteiger partial charge in [0, 0.05) is 5.56 Å². The summed E-state index contributed by atoms with van der Waals surface area (Å²) in [4.78, 5) is 4.68. The van der Waals surface area contributed by atoms with Crippen molar-refractivity contribution in [2.75, 3.05) is 7.11 Å². The third kappa shape index (κ3) is 3.35. The monoisotopic (exact) mass is 241 g/mol. The van der Waals surface area contributed by atoms with Crippen LogP contribution in [-0.2, 0) is 11.4 Å². The zero-order valence-corrected chi connectivity index (χ0v) is 10.2. The van der Waals surface area contributed by atoms with Crippen LogP contribution in [0.1, 0.15) is 11.1 Å². The Kier molecular flexibility index (Phi) is 4.36. The lowest BCUT2D eigenvalue weighted by Crippen LogP contribution is -1.98. The lowest BCUT2D eigenvalue weighted by molar-refractivity contribution is 0.215. The van der Waals surface area contributed by atoms with Crippen molar-refractivity contribution in [2.45, 2.75) is 6.61 Å². The van der Waals surface area contributed by atoms with E-state index < -0.39 is 0 Å². The molecule has 0 saturated heterocycles. The van der Waals surface area contributed by atoms with Crippen LogP contribution >= 0.6 is 0 Å². The fourth-order valence-corrected chi connectivity index (χ4v) is 1.56. The van der Waals surface area contributed by atoms with Gasteiger partial charge >= 0.3 is 0 Å². The van der Waals surface area contributed by atoms with Crippen LogP contribution in [0.3, 0.4) is 0 Å². The molecule has 0 radical (unpaired) electrons. The summed E-state index contributed by atoms with van der Waals surface area (Å²) in [6, 6.07) is 17.8. The van der Waals surface area contributed by atoms with E-state index in [1.165, 1.54) is 7.11 Å². The lowest BCUT2D eigenvalue weighted by atomic mass is 10.2. The van der Waals surface area contributed by atoms with Crippen molar-refractivity contribution in [3.63, 3.8) is 0 Å². The molecule has 0 aliphatic heterocycles. The molecule has 0 fully saturated rings. The summed E-state index contributed by atoms with van der Waals surface area (Å²) >= 11 is 0. The van der Waals surface area contributed by atoms with E-state index in [0.29, 0.717) is 6.61 Å². The number of para-hydroxylation sites is 1. The summed E-state index contributed by atoms with van der Waals surface area (Å²) in [5.74, 6) is 0.794. The van der Waals surface area contributed by atoms with E-state index in [9.17, 15) is 0 Å². The number of hydrogen-bond acceptors (Lipinski definition) is 3. The Bertz CT molecular complexity index is 509. The Labute approximate surface area is 107 Å². The number of rotatable bonds is 5. The van der Waals surface area contributed by atoms with Crippen molar-refractivity contribution in [1.29, 1.82) is 0 Å². The molecule has 0 aliphatic carbocycles. The topological polar surface area (TPSA) is 30.8 Å². The Balaban J connectivity index is 2.07. The predicted molar refractivity (Wildman–Crippen MR) is 71.8 cm³/mol. The van der Waals surface area contributed by atoms with Crippen LogP contribution < -0.4 is 4.74 Å². The molecule has 0 unspecified atom stereocenters. The minimum absolute atomic E-state index is 0.540. The number of ether oxygens (including phenoxy) is 1. The second-order valence-electron chi connectivity index (χ2n) is 3.73. The van der Waals surface area contributed by atoms with Gasteiger partial charge in [0.2, 0.25) is 0 Å². The van der Waals surface area contributed by atoms with Gasteiger partial charge in [-0.1, -0.05) is 47.6 Å². The number of nitrogens with zero attached hydrogens (tertiary/aromatic N) is 1. The third-order valence-electron chi connectivity index (χ3n) is 2.45. The molecule has 2 aromatic rings. The van der Waals surface area contributed by atoms with Crippen LogP contribution in [0.15, 0.2) is 59.8 Å². The van der Waals surface area contributed by atoms with Crippen molar-refractivity contribution >= 4 is 6.21 Å². The number of benzene rings is 2. The molecule has 0 amide bonds. The summed E-state index contributed by atoms with van der Waals surface area (Å²) in [5, 5.41) is 3.75. The summed E-state index contributed by atoms with van der Waals surface area (Å²) in [6.45, 7) is 0.540. The predicted octanol–water partition coefficient (Wildman–Crippen LogP) is 3.25. The molecule has 0 aliphatic rings. The molecule has 2 aromatic carbocycles. The van der Waals surface area contributed by atoms with Gasteiger partial charge < -0.3 is 9.57 Å². The average molecular weight is 241 g/mol. The third-order valence-corrected chi connectivity index (χ3v) is 2.45. The molecule has 0 spiro atoms. The van der Waals surface area contributed by atoms with Crippen LogP contribution in [0.2, 0.25) is 0 Å². The quantitative estimate of drug-likeness (QED) is 0.594. The Morgan fingerprint density at radius 2 is 1.72 bits per heavy atom. The van der Waals surface area contributed by atoms with Crippen LogP contribution in [0.25, 0.3) is 0 Å². The fourth-order valence-electron chi connectivity index (χ4n) is 1.56. The van der Waals surface area contributed by atoms with Gasteiger partial charge in [0.25, 0.3) is 0 Å². The molecule has 3 heteroatoms. The minimum Gasteiger partial charge on any atom is -0.488 e. The zero-order chi connectivity index (χ0) is 12.6. The van der Waals surface area contributed by atoms with Gasteiger partial charge in [-0.05, 0) is 17.7 Å². The van der Waals surface area contributed by atoms with Gasteiger partial charge in [-0.15, -0.1) is 0 Å². The van der Waals surface area contributed by atoms with Crippen molar-refractivity contribution in [1.82, 2.24) is 0 Å². The average Bonchev–Trinajstić information content (AvgIpc) is 2.45. The van der Waals surface area contributed by atoms with E-state index in [-0.39, 0.29) is 0 Å². The van der Waals surface area contributed by atoms with Gasteiger partial charge in [-0.25, -0.2) is 0 Å². The maximum absolute atomic E-state index is 5.77. The normalized spacial score (nSPS) is 10.5. The summed E-state index contributed by atoms with van der Waals surface area (Å²) in [6.07, 6.45) is 1.64. The number of oxime groups is 1. The van der Waals surface area contributed by atoms with Crippen LogP contribution in [0.4, 0.5) is 0 Å². The molecular formula is C15H15NO2. The molecule has 92 valence electrons. The van der Waals surface area contributed by atoms with Gasteiger partial charge in [0.15, 0.2) is 0 Å². The molecule has 0 N–H and O–H groups in total. The van der Waals surface area contributed by atoms with E-state index in [1.54, 1.807) is 6.21 Å². The fraction of sp³-hybridized carbons (Fsp3) is 0.133. The van der Waals surface area contributed by atoms with Gasteiger partial charge in [-0.2, -0.15) is 0 Å². The van der Waals surface area contributed by atoms with E-state index in [2.05, 4.69) is 9.99 Å². The van der Waals surface area contributed by atoms with Crippen LogP contribution in [0, 0.1) is 0 Å². The molecule has 0 bridgehead atoms. The summed E-state index contributed by atoms with van der Waals surface area (Å²) < 4.78 is 5.77. The van der Waals surface area contributed by atoms with Crippen molar-refractivity contribution in [3.8, 4) is 5.75 Å². The first kappa shape index (κ1) is 12.2. The maximum atomic E-state index is 5.77. The first-order valence-corrected chi connectivity index (χ1v) is 5.72. The number of hydrogen-bond donors (Lipinski definition) is 0. The second kappa shape index (κ2) is 6.45. The molecule has 3 nitrogen and oxygen atoms in total. The van der Waals surface area contributed by atoms with E-state index in [1.807, 2.05) is 54.6 Å². The lowest BCUT2D eigenvalue weighted by Gasteiger charge is -2.08. The highest BCUT2D eigenvalue weighted by Gasteiger charge is 2.01. The van der Waals surface area contributed by atoms with Gasteiger partial charge in [0.05, 0.1) is 6.21 Å². The first-order valence-electron chi connectivity index (χ1n) is 5.72. The molecular weight excluding hydrogens is 226 g/mol. The summed E-state index contributed by atoms with van der Waals surface area (Å²) in [7, 11) is 1.52. The Hall–Kier alpha value is -2.29. The van der Waals surface area contributed by atoms with Crippen LogP contribution in [0.5, 0.6) is 5.75 Å². The Morgan fingerprint density at radius 3 is 2.50 bits per heavy atom. The molecule has 2 rings (SSSR count). The maximum Gasteiger partial charge on any atom is 0.128 e. The van der Waals surface area contributed by atoms with E-state index in [0.717, 1.165) is 16.9 Å². The SMILES string of the molecule is CO/N=C/c1ccccc1OCc1ccccc1. The van der Waals surface area contributed by atoms with E-state index >= 15 is 0 Å². The van der Waals surface area contributed by atoms with Crippen molar-refractivity contribution < 1.29 is 9.57 Å². The van der Waals surface area contributed by atoms with Crippen molar-refractivity contribution in [3.05, 3.63) is 65.7 Å². The van der Waals surface area contributed by atoms with Crippen LogP contribution in [-0.4, -0.2) is 13.3 Å². The summed E-state index contributed by atoms with van der Waals surface area (Å²) in [5.41, 5.74) is 2.03. The smallest absolute Gasteiger partial charge is 0.128 e. The highest BCUT2D eigenvalue weighted by molar-refractivity contribution is 5.82. The largest absolute Gasteiger partial charge is 0.488 e. The zero-order valence-electron chi connectivity index (χ0n) is 10.2. The van der Waals surface area contributed by atoms with Crippen molar-refractivity contribution in [2.24, 2.45) is 5.16 Å². The molecule has 0 atom stereocenters. The molecule has 18 heavy (non-hydrogen) atoms. The molecule has 0 heterocycles. The standard InChI is InChI=1S/C15H15NO2/c1-17-16-11-14-9-5-6-10-15(14)18-12-13-7-3-2-4-8-13/h2-11H,12H2,1H3/b16-11+. The highest BCUT2D eigenvalue weighted by atomic mass is 16.6. The highest BCUT2D eigenvalue weighted by Crippen LogP contribution is 2.17. The molecule has 0 aromatic heterocycles. The second-order valence-corrected chi connectivity index (χ2v) is 3.73.